The van der Waals surface area contributed by atoms with Gasteiger partial charge in [-0.05, 0) is 44.2 Å². The van der Waals surface area contributed by atoms with E-state index in [0.717, 1.165) is 36.2 Å². The van der Waals surface area contributed by atoms with Gasteiger partial charge >= 0.3 is 0 Å². The van der Waals surface area contributed by atoms with E-state index in [9.17, 15) is 9.18 Å². The Morgan fingerprint density at radius 1 is 1.38 bits per heavy atom. The molecule has 29 heavy (non-hydrogen) atoms. The summed E-state index contributed by atoms with van der Waals surface area (Å²) in [5, 5.41) is 12.0. The van der Waals surface area contributed by atoms with E-state index in [1.54, 1.807) is 25.3 Å². The Kier molecular flexibility index (Phi) is 5.71. The summed E-state index contributed by atoms with van der Waals surface area (Å²) in [6, 6.07) is 10.0. The molecule has 2 N–H and O–H groups in total. The van der Waals surface area contributed by atoms with Gasteiger partial charge in [-0.3, -0.25) is 4.79 Å². The van der Waals surface area contributed by atoms with E-state index in [-0.39, 0.29) is 11.7 Å². The molecule has 3 aromatic rings. The van der Waals surface area contributed by atoms with Crippen LogP contribution in [0.5, 0.6) is 5.75 Å². The van der Waals surface area contributed by atoms with Crippen LogP contribution < -0.4 is 15.4 Å². The number of hydrogen-bond acceptors (Lipinski definition) is 5. The van der Waals surface area contributed by atoms with E-state index >= 15 is 0 Å². The standard InChI is InChI=1S/C21H24FN5O2/c1-14(29-18-7-3-2-6-17(18)22)21(28)25-11-12-27-20-16(5-4-9-24-20)19(26-27)15-8-10-23-13-15/h2-7,9,14-15,23H,8,10-13H2,1H3,(H,25,28)/t14-,15+/m1/s1. The lowest BCUT2D eigenvalue weighted by Crippen LogP contribution is -2.38. The first kappa shape index (κ1) is 19.3. The van der Waals surface area contributed by atoms with Gasteiger partial charge in [0, 0.05) is 30.6 Å². The molecule has 1 aromatic carbocycles. The second kappa shape index (κ2) is 8.57. The SMILES string of the molecule is C[C@@H](Oc1ccccc1F)C(=O)NCCn1nc([C@H]2CCNC2)c2cccnc21. The number of rotatable bonds is 7. The van der Waals surface area contributed by atoms with Gasteiger partial charge in [0.05, 0.1) is 12.2 Å². The summed E-state index contributed by atoms with van der Waals surface area (Å²) >= 11 is 0. The first-order valence-electron chi connectivity index (χ1n) is 9.84. The van der Waals surface area contributed by atoms with Crippen molar-refractivity contribution in [3.63, 3.8) is 0 Å². The molecule has 1 fully saturated rings. The molecule has 1 aliphatic rings. The summed E-state index contributed by atoms with van der Waals surface area (Å²) in [5.74, 6) is -0.355. The lowest BCUT2D eigenvalue weighted by atomic mass is 10.0. The number of carbonyl (C=O) groups is 1. The Morgan fingerprint density at radius 3 is 3.03 bits per heavy atom. The minimum absolute atomic E-state index is 0.0623. The number of halogens is 1. The maximum absolute atomic E-state index is 13.7. The predicted octanol–water partition coefficient (Wildman–Crippen LogP) is 2.23. The van der Waals surface area contributed by atoms with Crippen molar-refractivity contribution in [3.8, 4) is 5.75 Å². The lowest BCUT2D eigenvalue weighted by molar-refractivity contribution is -0.127. The maximum Gasteiger partial charge on any atom is 0.260 e. The first-order chi connectivity index (χ1) is 14.1. The van der Waals surface area contributed by atoms with Gasteiger partial charge in [0.15, 0.2) is 23.3 Å². The zero-order valence-corrected chi connectivity index (χ0v) is 16.3. The highest BCUT2D eigenvalue weighted by atomic mass is 19.1. The van der Waals surface area contributed by atoms with Crippen LogP contribution in [0.15, 0.2) is 42.6 Å². The second-order valence-electron chi connectivity index (χ2n) is 7.15. The molecule has 152 valence electrons. The van der Waals surface area contributed by atoms with Crippen molar-refractivity contribution in [1.29, 1.82) is 0 Å². The topological polar surface area (TPSA) is 81.1 Å². The van der Waals surface area contributed by atoms with Crippen molar-refractivity contribution in [2.45, 2.75) is 31.9 Å². The molecule has 0 unspecified atom stereocenters. The van der Waals surface area contributed by atoms with Crippen LogP contribution in [0, 0.1) is 5.82 Å². The first-order valence-corrected chi connectivity index (χ1v) is 9.84. The van der Waals surface area contributed by atoms with Crippen LogP contribution in [0.3, 0.4) is 0 Å². The second-order valence-corrected chi connectivity index (χ2v) is 7.15. The summed E-state index contributed by atoms with van der Waals surface area (Å²) in [5.41, 5.74) is 1.87. The minimum Gasteiger partial charge on any atom is -0.478 e. The molecule has 4 rings (SSSR count). The molecule has 0 spiro atoms. The number of pyridine rings is 1. The van der Waals surface area contributed by atoms with Crippen LogP contribution in [0.4, 0.5) is 4.39 Å². The van der Waals surface area contributed by atoms with Crippen molar-refractivity contribution in [2.24, 2.45) is 0 Å². The number of ether oxygens (including phenoxy) is 1. The number of para-hydroxylation sites is 1. The van der Waals surface area contributed by atoms with Crippen LogP contribution in [0.2, 0.25) is 0 Å². The van der Waals surface area contributed by atoms with Gasteiger partial charge in [-0.1, -0.05) is 12.1 Å². The fraction of sp³-hybridized carbons (Fsp3) is 0.381. The molecule has 1 aliphatic heterocycles. The average Bonchev–Trinajstić information content (AvgIpc) is 3.38. The van der Waals surface area contributed by atoms with E-state index in [4.69, 9.17) is 9.84 Å². The third-order valence-corrected chi connectivity index (χ3v) is 5.12. The highest BCUT2D eigenvalue weighted by Gasteiger charge is 2.23. The fourth-order valence-corrected chi connectivity index (χ4v) is 3.59. The van der Waals surface area contributed by atoms with Crippen molar-refractivity contribution >= 4 is 16.9 Å². The summed E-state index contributed by atoms with van der Waals surface area (Å²) in [6.45, 7) is 4.38. The van der Waals surface area contributed by atoms with Gasteiger partial charge in [-0.2, -0.15) is 5.10 Å². The molecule has 1 saturated heterocycles. The van der Waals surface area contributed by atoms with E-state index in [0.29, 0.717) is 19.0 Å². The molecule has 2 atom stereocenters. The Hall–Kier alpha value is -3.00. The van der Waals surface area contributed by atoms with Crippen molar-refractivity contribution in [2.75, 3.05) is 19.6 Å². The Labute approximate surface area is 168 Å². The molecule has 8 heteroatoms. The van der Waals surface area contributed by atoms with Gasteiger partial charge in [-0.15, -0.1) is 0 Å². The number of fused-ring (bicyclic) bond motifs is 1. The quantitative estimate of drug-likeness (QED) is 0.639. The predicted molar refractivity (Wildman–Crippen MR) is 107 cm³/mol. The third kappa shape index (κ3) is 4.22. The van der Waals surface area contributed by atoms with Crippen molar-refractivity contribution in [1.82, 2.24) is 25.4 Å². The van der Waals surface area contributed by atoms with Crippen LogP contribution in [-0.4, -0.2) is 46.4 Å². The van der Waals surface area contributed by atoms with Gasteiger partial charge in [-0.25, -0.2) is 14.1 Å². The molecular weight excluding hydrogens is 373 g/mol. The molecule has 3 heterocycles. The Bertz CT molecular complexity index is 1000. The van der Waals surface area contributed by atoms with E-state index in [1.165, 1.54) is 12.1 Å². The molecular formula is C21H24FN5O2. The van der Waals surface area contributed by atoms with Crippen LogP contribution in [0.1, 0.15) is 25.0 Å². The number of carbonyl (C=O) groups excluding carboxylic acids is 1. The van der Waals surface area contributed by atoms with Crippen molar-refractivity contribution < 1.29 is 13.9 Å². The van der Waals surface area contributed by atoms with Crippen molar-refractivity contribution in [3.05, 3.63) is 54.1 Å². The Balaban J connectivity index is 1.38. The molecule has 7 nitrogen and oxygen atoms in total. The smallest absolute Gasteiger partial charge is 0.260 e. The highest BCUT2D eigenvalue weighted by Crippen LogP contribution is 2.27. The maximum atomic E-state index is 13.7. The number of benzene rings is 1. The summed E-state index contributed by atoms with van der Waals surface area (Å²) < 4.78 is 20.9. The number of aromatic nitrogens is 3. The number of amides is 1. The fourth-order valence-electron chi connectivity index (χ4n) is 3.59. The van der Waals surface area contributed by atoms with Gasteiger partial charge in [0.1, 0.15) is 0 Å². The molecule has 1 amide bonds. The third-order valence-electron chi connectivity index (χ3n) is 5.12. The van der Waals surface area contributed by atoms with Crippen LogP contribution >= 0.6 is 0 Å². The van der Waals surface area contributed by atoms with Gasteiger partial charge < -0.3 is 15.4 Å². The van der Waals surface area contributed by atoms with E-state index in [1.807, 2.05) is 16.8 Å². The zero-order valence-electron chi connectivity index (χ0n) is 16.3. The molecule has 0 radical (unpaired) electrons. The summed E-state index contributed by atoms with van der Waals surface area (Å²) in [4.78, 5) is 16.8. The largest absolute Gasteiger partial charge is 0.478 e. The zero-order chi connectivity index (χ0) is 20.2. The summed E-state index contributed by atoms with van der Waals surface area (Å²) in [7, 11) is 0. The molecule has 0 aliphatic carbocycles. The Morgan fingerprint density at radius 2 is 2.24 bits per heavy atom. The van der Waals surface area contributed by atoms with E-state index < -0.39 is 11.9 Å². The number of nitrogens with zero attached hydrogens (tertiary/aromatic N) is 3. The number of hydrogen-bond donors (Lipinski definition) is 2. The molecule has 2 aromatic heterocycles. The van der Waals surface area contributed by atoms with Crippen LogP contribution in [-0.2, 0) is 11.3 Å². The highest BCUT2D eigenvalue weighted by molar-refractivity contribution is 5.81. The minimum atomic E-state index is -0.806. The lowest BCUT2D eigenvalue weighted by Gasteiger charge is -2.15. The molecule has 0 bridgehead atoms. The van der Waals surface area contributed by atoms with Crippen LogP contribution in [0.25, 0.3) is 11.0 Å². The average molecular weight is 397 g/mol. The van der Waals surface area contributed by atoms with Gasteiger partial charge in [0.2, 0.25) is 0 Å². The normalized spacial score (nSPS) is 17.4. The van der Waals surface area contributed by atoms with Gasteiger partial charge in [0.25, 0.3) is 5.91 Å². The number of nitrogens with one attached hydrogen (secondary N) is 2. The molecule has 0 saturated carbocycles. The monoisotopic (exact) mass is 397 g/mol. The van der Waals surface area contributed by atoms with E-state index in [2.05, 4.69) is 15.6 Å². The summed E-state index contributed by atoms with van der Waals surface area (Å²) in [6.07, 6.45) is 2.00.